The van der Waals surface area contributed by atoms with Crippen molar-refractivity contribution in [3.63, 3.8) is 0 Å². The van der Waals surface area contributed by atoms with Crippen LogP contribution in [0, 0.1) is 0 Å². The topological polar surface area (TPSA) is 250 Å². The number of carbonyl (C=O) groups excluding carboxylic acids is 1. The fourth-order valence-corrected chi connectivity index (χ4v) is 4.38. The summed E-state index contributed by atoms with van der Waals surface area (Å²) >= 11 is 0. The van der Waals surface area contributed by atoms with E-state index in [1.54, 1.807) is 18.2 Å². The third-order valence-electron chi connectivity index (χ3n) is 4.41. The lowest BCUT2D eigenvalue weighted by molar-refractivity contribution is -0.216. The van der Waals surface area contributed by atoms with Gasteiger partial charge in [0.25, 0.3) is 0 Å². The van der Waals surface area contributed by atoms with Crippen molar-refractivity contribution in [3.05, 3.63) is 35.9 Å². The second kappa shape index (κ2) is 11.4. The van der Waals surface area contributed by atoms with Crippen LogP contribution in [0.1, 0.15) is 10.4 Å². The minimum atomic E-state index is -5.25. The van der Waals surface area contributed by atoms with Crippen LogP contribution >= 0.6 is 15.6 Å². The number of phosphoric acid groups is 2. The number of hydrogen-bond acceptors (Lipinski definition) is 12. The molecule has 0 saturated heterocycles. The van der Waals surface area contributed by atoms with E-state index in [2.05, 4.69) is 13.6 Å². The molecule has 1 saturated carbocycles. The smallest absolute Gasteiger partial charge is 0.459 e. The van der Waals surface area contributed by atoms with Crippen molar-refractivity contribution >= 4 is 21.6 Å². The van der Waals surface area contributed by atoms with Gasteiger partial charge < -0.3 is 44.9 Å². The third kappa shape index (κ3) is 8.16. The highest BCUT2D eigenvalue weighted by molar-refractivity contribution is 7.47. The average Bonchev–Trinajstić information content (AvgIpc) is 2.75. The van der Waals surface area contributed by atoms with Crippen LogP contribution in [0.25, 0.3) is 0 Å². The summed E-state index contributed by atoms with van der Waals surface area (Å²) in [7, 11) is -10.4. The Balaban J connectivity index is 1.90. The molecule has 8 N–H and O–H groups in total. The first-order chi connectivity index (χ1) is 15.2. The van der Waals surface area contributed by atoms with E-state index in [0.29, 0.717) is 0 Å². The van der Waals surface area contributed by atoms with Crippen molar-refractivity contribution in [2.75, 3.05) is 13.2 Å². The lowest BCUT2D eigenvalue weighted by Gasteiger charge is -2.43. The standard InChI is InChI=1S/C16H24O15P2/c17-9(6-28-16(22)8-4-2-1-3-5-8)7-29-33(26,27)31-15-12(20)10(18)14(11(19)13(15)21)30-32(23,24)25/h1-5,9-15,17-21H,6-7H2,(H,26,27)(H2,23,24,25). The summed E-state index contributed by atoms with van der Waals surface area (Å²) < 4.78 is 41.1. The maximum atomic E-state index is 12.1. The molecule has 2 rings (SSSR count). The molecule has 17 heteroatoms. The Hall–Kier alpha value is -1.29. The monoisotopic (exact) mass is 518 g/mol. The molecule has 0 radical (unpaired) electrons. The minimum absolute atomic E-state index is 0.195. The van der Waals surface area contributed by atoms with Crippen LogP contribution in [-0.2, 0) is 27.4 Å². The van der Waals surface area contributed by atoms with E-state index in [-0.39, 0.29) is 5.56 Å². The normalized spacial score (nSPS) is 30.9. The molecule has 6 unspecified atom stereocenters. The molecule has 33 heavy (non-hydrogen) atoms. The van der Waals surface area contributed by atoms with Gasteiger partial charge in [0.1, 0.15) is 49.3 Å². The first-order valence-electron chi connectivity index (χ1n) is 9.24. The van der Waals surface area contributed by atoms with Crippen molar-refractivity contribution in [2.24, 2.45) is 0 Å². The van der Waals surface area contributed by atoms with Crippen molar-refractivity contribution in [2.45, 2.75) is 42.7 Å². The van der Waals surface area contributed by atoms with Crippen molar-refractivity contribution in [3.8, 4) is 0 Å². The molecular formula is C16H24O15P2. The second-order valence-electron chi connectivity index (χ2n) is 6.98. The molecule has 15 nitrogen and oxygen atoms in total. The molecule has 1 aliphatic carbocycles. The fourth-order valence-electron chi connectivity index (χ4n) is 2.83. The zero-order valence-corrected chi connectivity index (χ0v) is 18.5. The Morgan fingerprint density at radius 1 is 0.848 bits per heavy atom. The molecule has 0 bridgehead atoms. The van der Waals surface area contributed by atoms with Crippen LogP contribution < -0.4 is 0 Å². The van der Waals surface area contributed by atoms with Crippen LogP contribution in [0.4, 0.5) is 0 Å². The number of hydrogen-bond donors (Lipinski definition) is 8. The van der Waals surface area contributed by atoms with Crippen LogP contribution in [0.15, 0.2) is 30.3 Å². The zero-order chi connectivity index (χ0) is 25.0. The first kappa shape index (κ1) is 28.0. The average molecular weight is 518 g/mol. The van der Waals surface area contributed by atoms with E-state index < -0.39 is 77.6 Å². The van der Waals surface area contributed by atoms with Gasteiger partial charge in [-0.15, -0.1) is 0 Å². The van der Waals surface area contributed by atoms with E-state index in [0.717, 1.165) is 0 Å². The van der Waals surface area contributed by atoms with E-state index >= 15 is 0 Å². The molecular weight excluding hydrogens is 494 g/mol. The number of aliphatic hydroxyl groups is 5. The summed E-state index contributed by atoms with van der Waals surface area (Å²) in [4.78, 5) is 39.2. The van der Waals surface area contributed by atoms with Gasteiger partial charge in [-0.3, -0.25) is 13.6 Å². The zero-order valence-electron chi connectivity index (χ0n) is 16.7. The van der Waals surface area contributed by atoms with Crippen LogP contribution in [0.2, 0.25) is 0 Å². The number of phosphoric ester groups is 2. The Morgan fingerprint density at radius 2 is 1.33 bits per heavy atom. The van der Waals surface area contributed by atoms with E-state index in [4.69, 9.17) is 14.5 Å². The number of esters is 1. The number of ether oxygens (including phenoxy) is 1. The van der Waals surface area contributed by atoms with Gasteiger partial charge in [0.05, 0.1) is 12.2 Å². The van der Waals surface area contributed by atoms with Crippen LogP contribution in [0.5, 0.6) is 0 Å². The van der Waals surface area contributed by atoms with Crippen molar-refractivity contribution in [1.82, 2.24) is 0 Å². The van der Waals surface area contributed by atoms with Crippen LogP contribution in [0.3, 0.4) is 0 Å². The van der Waals surface area contributed by atoms with Gasteiger partial charge in [-0.25, -0.2) is 13.9 Å². The predicted molar refractivity (Wildman–Crippen MR) is 104 cm³/mol. The molecule has 1 aromatic rings. The number of benzene rings is 1. The molecule has 188 valence electrons. The highest BCUT2D eigenvalue weighted by Crippen LogP contribution is 2.48. The van der Waals surface area contributed by atoms with Gasteiger partial charge >= 0.3 is 21.6 Å². The summed E-state index contributed by atoms with van der Waals surface area (Å²) in [5.41, 5.74) is 0.195. The molecule has 0 amide bonds. The molecule has 0 spiro atoms. The highest BCUT2D eigenvalue weighted by atomic mass is 31.2. The molecule has 1 aliphatic rings. The van der Waals surface area contributed by atoms with E-state index in [1.807, 2.05) is 0 Å². The first-order valence-corrected chi connectivity index (χ1v) is 12.3. The maximum absolute atomic E-state index is 12.1. The van der Waals surface area contributed by atoms with Gasteiger partial charge in [0.2, 0.25) is 0 Å². The molecule has 6 atom stereocenters. The van der Waals surface area contributed by atoms with Gasteiger partial charge in [-0.1, -0.05) is 18.2 Å². The van der Waals surface area contributed by atoms with Gasteiger partial charge in [-0.2, -0.15) is 0 Å². The van der Waals surface area contributed by atoms with Crippen molar-refractivity contribution < 1.29 is 72.4 Å². The molecule has 0 aromatic heterocycles. The number of carbonyl (C=O) groups is 1. The molecule has 0 heterocycles. The van der Waals surface area contributed by atoms with Crippen molar-refractivity contribution in [1.29, 1.82) is 0 Å². The Bertz CT molecular complexity index is 860. The summed E-state index contributed by atoms with van der Waals surface area (Å²) in [6.45, 7) is -1.52. The minimum Gasteiger partial charge on any atom is -0.459 e. The van der Waals surface area contributed by atoms with E-state index in [9.17, 15) is 44.4 Å². The summed E-state index contributed by atoms with van der Waals surface area (Å²) in [5, 5.41) is 49.7. The number of aliphatic hydroxyl groups excluding tert-OH is 5. The summed E-state index contributed by atoms with van der Waals surface area (Å²) in [5.74, 6) is -0.776. The SMILES string of the molecule is O=C(OCC(O)COP(=O)(O)OC1C(O)C(O)C(OP(=O)(O)O)C(O)C1O)c1ccccc1. The lowest BCUT2D eigenvalue weighted by Crippen LogP contribution is -2.64. The summed E-state index contributed by atoms with van der Waals surface area (Å²) in [6.07, 6.45) is -14.9. The highest BCUT2D eigenvalue weighted by Gasteiger charge is 2.54. The third-order valence-corrected chi connectivity index (χ3v) is 5.91. The number of rotatable bonds is 10. The molecule has 0 aliphatic heterocycles. The predicted octanol–water partition coefficient (Wildman–Crippen LogP) is -2.36. The fraction of sp³-hybridized carbons (Fsp3) is 0.562. The van der Waals surface area contributed by atoms with E-state index in [1.165, 1.54) is 12.1 Å². The largest absolute Gasteiger partial charge is 0.472 e. The van der Waals surface area contributed by atoms with Gasteiger partial charge in [0, 0.05) is 0 Å². The Kier molecular flexibility index (Phi) is 9.68. The Morgan fingerprint density at radius 3 is 1.82 bits per heavy atom. The van der Waals surface area contributed by atoms with Gasteiger partial charge in [-0.05, 0) is 12.1 Å². The maximum Gasteiger partial charge on any atom is 0.472 e. The van der Waals surface area contributed by atoms with Gasteiger partial charge in [0.15, 0.2) is 0 Å². The quantitative estimate of drug-likeness (QED) is 0.119. The molecule has 1 fully saturated rings. The van der Waals surface area contributed by atoms with Crippen LogP contribution in [-0.4, -0.2) is 102 Å². The lowest BCUT2D eigenvalue weighted by atomic mass is 9.85. The summed E-state index contributed by atoms with van der Waals surface area (Å²) in [6, 6.07) is 7.75. The Labute approximate surface area is 186 Å². The second-order valence-corrected chi connectivity index (χ2v) is 9.57. The molecule has 1 aromatic carbocycles.